The molecule has 0 aliphatic heterocycles. The summed E-state index contributed by atoms with van der Waals surface area (Å²) < 4.78 is 2.50. The van der Waals surface area contributed by atoms with Gasteiger partial charge in [0.05, 0.1) is 10.9 Å². The second-order valence-electron chi connectivity index (χ2n) is 7.60. The number of benzene rings is 2. The first-order valence-corrected chi connectivity index (χ1v) is 9.87. The number of hydrogen-bond acceptors (Lipinski definition) is 3. The molecule has 0 aliphatic rings. The van der Waals surface area contributed by atoms with E-state index < -0.39 is 5.69 Å². The molecular formula is C22H24ClN3O3. The normalized spacial score (nSPS) is 11.6. The van der Waals surface area contributed by atoms with Gasteiger partial charge in [0.25, 0.3) is 5.56 Å². The van der Waals surface area contributed by atoms with E-state index in [4.69, 9.17) is 11.6 Å². The van der Waals surface area contributed by atoms with Crippen LogP contribution in [0.3, 0.4) is 0 Å². The van der Waals surface area contributed by atoms with Crippen LogP contribution in [0.4, 0.5) is 0 Å². The quantitative estimate of drug-likeness (QED) is 0.675. The van der Waals surface area contributed by atoms with Crippen molar-refractivity contribution in [1.29, 1.82) is 0 Å². The Kier molecular flexibility index (Phi) is 5.94. The molecule has 29 heavy (non-hydrogen) atoms. The molecule has 1 amide bonds. The molecule has 3 rings (SSSR count). The SMILES string of the molecule is CCn1c(=O)c2ccccc2n(CC(=O)NCC(C)(C)c2ccc(Cl)cc2)c1=O. The van der Waals surface area contributed by atoms with Crippen LogP contribution in [-0.2, 0) is 23.3 Å². The Morgan fingerprint density at radius 3 is 2.34 bits per heavy atom. The van der Waals surface area contributed by atoms with Crippen molar-refractivity contribution in [2.45, 2.75) is 39.3 Å². The van der Waals surface area contributed by atoms with Gasteiger partial charge >= 0.3 is 5.69 Å². The van der Waals surface area contributed by atoms with Crippen LogP contribution >= 0.6 is 11.6 Å². The maximum atomic E-state index is 12.8. The number of fused-ring (bicyclic) bond motifs is 1. The van der Waals surface area contributed by atoms with Gasteiger partial charge in [0.2, 0.25) is 5.91 Å². The molecule has 152 valence electrons. The third kappa shape index (κ3) is 4.27. The van der Waals surface area contributed by atoms with Crippen molar-refractivity contribution in [3.8, 4) is 0 Å². The van der Waals surface area contributed by atoms with Crippen molar-refractivity contribution in [2.24, 2.45) is 0 Å². The molecule has 0 spiro atoms. The summed E-state index contributed by atoms with van der Waals surface area (Å²) >= 11 is 5.95. The van der Waals surface area contributed by atoms with E-state index in [9.17, 15) is 14.4 Å². The molecule has 0 atom stereocenters. The molecule has 2 aromatic carbocycles. The van der Waals surface area contributed by atoms with Crippen molar-refractivity contribution in [3.05, 3.63) is 80.0 Å². The van der Waals surface area contributed by atoms with Gasteiger partial charge in [-0.05, 0) is 36.8 Å². The Bertz CT molecular complexity index is 1160. The predicted molar refractivity (Wildman–Crippen MR) is 116 cm³/mol. The zero-order chi connectivity index (χ0) is 21.2. The standard InChI is InChI=1S/C22H24ClN3O3/c1-4-25-20(28)17-7-5-6-8-18(17)26(21(25)29)13-19(27)24-14-22(2,3)15-9-11-16(23)12-10-15/h5-12H,4,13-14H2,1-3H3,(H,24,27). The number of aromatic nitrogens is 2. The highest BCUT2D eigenvalue weighted by Gasteiger charge is 2.22. The second kappa shape index (κ2) is 8.25. The predicted octanol–water partition coefficient (Wildman–Crippen LogP) is 2.93. The summed E-state index contributed by atoms with van der Waals surface area (Å²) in [6.45, 7) is 6.26. The van der Waals surface area contributed by atoms with Crippen molar-refractivity contribution in [3.63, 3.8) is 0 Å². The molecule has 1 aromatic heterocycles. The second-order valence-corrected chi connectivity index (χ2v) is 8.04. The van der Waals surface area contributed by atoms with Gasteiger partial charge < -0.3 is 5.32 Å². The third-order valence-corrected chi connectivity index (χ3v) is 5.36. The lowest BCUT2D eigenvalue weighted by atomic mass is 9.84. The topological polar surface area (TPSA) is 73.1 Å². The number of carbonyl (C=O) groups excluding carboxylic acids is 1. The van der Waals surface area contributed by atoms with E-state index in [1.807, 2.05) is 38.1 Å². The van der Waals surface area contributed by atoms with E-state index in [1.54, 1.807) is 31.2 Å². The van der Waals surface area contributed by atoms with Crippen molar-refractivity contribution in [2.75, 3.05) is 6.54 Å². The zero-order valence-electron chi connectivity index (χ0n) is 16.7. The van der Waals surface area contributed by atoms with E-state index in [0.717, 1.165) is 10.1 Å². The molecule has 1 heterocycles. The number of hydrogen-bond donors (Lipinski definition) is 1. The lowest BCUT2D eigenvalue weighted by Gasteiger charge is -2.26. The van der Waals surface area contributed by atoms with Gasteiger partial charge in [-0.25, -0.2) is 4.79 Å². The molecule has 0 radical (unpaired) electrons. The minimum atomic E-state index is -0.483. The fourth-order valence-electron chi connectivity index (χ4n) is 3.32. The number of nitrogens with zero attached hydrogens (tertiary/aromatic N) is 2. The van der Waals surface area contributed by atoms with Gasteiger partial charge in [-0.1, -0.05) is 49.7 Å². The highest BCUT2D eigenvalue weighted by atomic mass is 35.5. The number of amides is 1. The summed E-state index contributed by atoms with van der Waals surface area (Å²) in [6.07, 6.45) is 0. The third-order valence-electron chi connectivity index (χ3n) is 5.10. The number of rotatable bonds is 6. The Hall–Kier alpha value is -2.86. The van der Waals surface area contributed by atoms with Crippen LogP contribution in [0.25, 0.3) is 10.9 Å². The first-order valence-electron chi connectivity index (χ1n) is 9.49. The van der Waals surface area contributed by atoms with Crippen LogP contribution in [0, 0.1) is 0 Å². The van der Waals surface area contributed by atoms with Crippen molar-refractivity contribution < 1.29 is 4.79 Å². The van der Waals surface area contributed by atoms with Crippen molar-refractivity contribution >= 4 is 28.4 Å². The van der Waals surface area contributed by atoms with Gasteiger partial charge in [0.15, 0.2) is 0 Å². The van der Waals surface area contributed by atoms with Crippen LogP contribution in [0.2, 0.25) is 5.02 Å². The van der Waals surface area contributed by atoms with Crippen LogP contribution in [0.5, 0.6) is 0 Å². The van der Waals surface area contributed by atoms with E-state index in [2.05, 4.69) is 5.32 Å². The first-order chi connectivity index (χ1) is 13.7. The van der Waals surface area contributed by atoms with Gasteiger partial charge in [-0.15, -0.1) is 0 Å². The molecule has 0 bridgehead atoms. The van der Waals surface area contributed by atoms with E-state index in [1.165, 1.54) is 4.57 Å². The Labute approximate surface area is 173 Å². The first kappa shape index (κ1) is 20.9. The van der Waals surface area contributed by atoms with Gasteiger partial charge in [-0.3, -0.25) is 18.7 Å². The monoisotopic (exact) mass is 413 g/mol. The summed E-state index contributed by atoms with van der Waals surface area (Å²) in [6, 6.07) is 14.3. The maximum absolute atomic E-state index is 12.8. The molecule has 3 aromatic rings. The largest absolute Gasteiger partial charge is 0.354 e. The maximum Gasteiger partial charge on any atom is 0.331 e. The van der Waals surface area contributed by atoms with Crippen LogP contribution in [0.1, 0.15) is 26.3 Å². The molecule has 0 saturated carbocycles. The molecule has 0 aliphatic carbocycles. The molecule has 7 heteroatoms. The van der Waals surface area contributed by atoms with E-state index in [0.29, 0.717) is 22.5 Å². The van der Waals surface area contributed by atoms with E-state index >= 15 is 0 Å². The van der Waals surface area contributed by atoms with Crippen LogP contribution < -0.4 is 16.6 Å². The fourth-order valence-corrected chi connectivity index (χ4v) is 3.45. The minimum Gasteiger partial charge on any atom is -0.354 e. The summed E-state index contributed by atoms with van der Waals surface area (Å²) in [5.74, 6) is -0.291. The Morgan fingerprint density at radius 2 is 1.69 bits per heavy atom. The van der Waals surface area contributed by atoms with Gasteiger partial charge in [-0.2, -0.15) is 0 Å². The Balaban J connectivity index is 1.84. The van der Waals surface area contributed by atoms with Crippen LogP contribution in [-0.4, -0.2) is 21.6 Å². The summed E-state index contributed by atoms with van der Waals surface area (Å²) in [5, 5.41) is 3.99. The van der Waals surface area contributed by atoms with Crippen molar-refractivity contribution in [1.82, 2.24) is 14.5 Å². The number of para-hydroxylation sites is 1. The number of carbonyl (C=O) groups is 1. The van der Waals surface area contributed by atoms with Gasteiger partial charge in [0.1, 0.15) is 6.54 Å². The summed E-state index contributed by atoms with van der Waals surface area (Å²) in [7, 11) is 0. The molecule has 0 unspecified atom stereocenters. The molecule has 1 N–H and O–H groups in total. The highest BCUT2D eigenvalue weighted by Crippen LogP contribution is 2.23. The summed E-state index contributed by atoms with van der Waals surface area (Å²) in [4.78, 5) is 37.9. The minimum absolute atomic E-state index is 0.156. The number of halogens is 1. The highest BCUT2D eigenvalue weighted by molar-refractivity contribution is 6.30. The van der Waals surface area contributed by atoms with Gasteiger partial charge in [0, 0.05) is 23.5 Å². The van der Waals surface area contributed by atoms with E-state index in [-0.39, 0.29) is 30.0 Å². The lowest BCUT2D eigenvalue weighted by molar-refractivity contribution is -0.121. The number of nitrogens with one attached hydrogen (secondary N) is 1. The zero-order valence-corrected chi connectivity index (χ0v) is 17.5. The molecule has 0 fully saturated rings. The molecule has 0 saturated heterocycles. The Morgan fingerprint density at radius 1 is 1.03 bits per heavy atom. The lowest BCUT2D eigenvalue weighted by Crippen LogP contribution is -2.44. The molecular weight excluding hydrogens is 390 g/mol. The van der Waals surface area contributed by atoms with Crippen LogP contribution in [0.15, 0.2) is 58.1 Å². The fraction of sp³-hybridized carbons (Fsp3) is 0.318. The smallest absolute Gasteiger partial charge is 0.331 e. The molecule has 6 nitrogen and oxygen atoms in total. The average Bonchev–Trinajstić information content (AvgIpc) is 2.70. The average molecular weight is 414 g/mol. The summed E-state index contributed by atoms with van der Waals surface area (Å²) in [5.41, 5.74) is 0.371.